The summed E-state index contributed by atoms with van der Waals surface area (Å²) in [4.78, 5) is 11.2. The predicted molar refractivity (Wildman–Crippen MR) is 58.3 cm³/mol. The maximum Gasteiger partial charge on any atom is 0.251 e. The van der Waals surface area contributed by atoms with Gasteiger partial charge in [-0.3, -0.25) is 4.79 Å². The summed E-state index contributed by atoms with van der Waals surface area (Å²) in [5.41, 5.74) is 3.32. The van der Waals surface area contributed by atoms with Crippen LogP contribution in [0.3, 0.4) is 0 Å². The highest BCUT2D eigenvalue weighted by atomic mass is 16.1. The van der Waals surface area contributed by atoms with Crippen LogP contribution in [0.1, 0.15) is 42.3 Å². The first-order valence-electron chi connectivity index (χ1n) is 5.22. The zero-order valence-corrected chi connectivity index (χ0v) is 9.05. The van der Waals surface area contributed by atoms with Crippen molar-refractivity contribution in [3.63, 3.8) is 0 Å². The largest absolute Gasteiger partial charge is 0.348 e. The van der Waals surface area contributed by atoms with Crippen molar-refractivity contribution in [3.8, 4) is 0 Å². The minimum absolute atomic E-state index is 0.0697. The molecule has 1 N–H and O–H groups in total. The second-order valence-corrected chi connectivity index (χ2v) is 2.98. The summed E-state index contributed by atoms with van der Waals surface area (Å²) in [5, 5.41) is 2.82. The van der Waals surface area contributed by atoms with E-state index in [9.17, 15) is 4.79 Å². The van der Waals surface area contributed by atoms with Gasteiger partial charge in [0.15, 0.2) is 0 Å². The van der Waals surface area contributed by atoms with Crippen LogP contribution in [0.4, 0.5) is 0 Å². The smallest absolute Gasteiger partial charge is 0.251 e. The van der Waals surface area contributed by atoms with Crippen LogP contribution in [0.25, 0.3) is 0 Å². The second-order valence-electron chi connectivity index (χ2n) is 2.98. The van der Waals surface area contributed by atoms with Gasteiger partial charge in [-0.15, -0.1) is 0 Å². The molecule has 76 valence electrons. The first-order chi connectivity index (χ1) is 6.83. The highest BCUT2D eigenvalue weighted by molar-refractivity contribution is 5.98. The van der Waals surface area contributed by atoms with Gasteiger partial charge in [-0.2, -0.15) is 0 Å². The fourth-order valence-electron chi connectivity index (χ4n) is 1.65. The second kappa shape index (κ2) is 4.80. The minimum Gasteiger partial charge on any atom is -0.348 e. The molecule has 1 aromatic rings. The normalized spacial score (nSPS) is 12.6. The zero-order valence-electron chi connectivity index (χ0n) is 9.05. The van der Waals surface area contributed by atoms with Crippen molar-refractivity contribution in [1.29, 1.82) is 0 Å². The van der Waals surface area contributed by atoms with Crippen LogP contribution in [-0.2, 0) is 13.0 Å². The summed E-state index contributed by atoms with van der Waals surface area (Å²) >= 11 is 0. The Morgan fingerprint density at radius 2 is 2.07 bits per heavy atom. The average Bonchev–Trinajstić information content (AvgIpc) is 2.64. The SMILES string of the molecule is CC.CCc1cccc2c1CNC2=O. The standard InChI is InChI=1S/C10H11NO.C2H6/c1-2-7-4-3-5-8-9(7)6-11-10(8)12;1-2/h3-5H,2,6H2,1H3,(H,11,12);1-2H3. The van der Waals surface area contributed by atoms with Gasteiger partial charge in [0.2, 0.25) is 0 Å². The lowest BCUT2D eigenvalue weighted by molar-refractivity contribution is 0.0966. The molecular weight excluding hydrogens is 174 g/mol. The number of hydrogen-bond donors (Lipinski definition) is 1. The number of carbonyl (C=O) groups is 1. The lowest BCUT2D eigenvalue weighted by Crippen LogP contribution is -2.12. The van der Waals surface area contributed by atoms with Crippen LogP contribution >= 0.6 is 0 Å². The zero-order chi connectivity index (χ0) is 10.6. The summed E-state index contributed by atoms with van der Waals surface area (Å²) in [6.45, 7) is 6.82. The molecule has 2 heteroatoms. The molecule has 1 aromatic carbocycles. The molecule has 0 unspecified atom stereocenters. The highest BCUT2D eigenvalue weighted by Crippen LogP contribution is 2.19. The van der Waals surface area contributed by atoms with Gasteiger partial charge in [0.25, 0.3) is 5.91 Å². The number of carbonyl (C=O) groups excluding carboxylic acids is 1. The van der Waals surface area contributed by atoms with Crippen LogP contribution in [0.5, 0.6) is 0 Å². The molecule has 2 rings (SSSR count). The molecule has 0 aliphatic carbocycles. The fraction of sp³-hybridized carbons (Fsp3) is 0.417. The van der Waals surface area contributed by atoms with Crippen molar-refractivity contribution in [2.24, 2.45) is 0 Å². The Morgan fingerprint density at radius 3 is 2.71 bits per heavy atom. The Balaban J connectivity index is 0.000000461. The van der Waals surface area contributed by atoms with Gasteiger partial charge in [0.1, 0.15) is 0 Å². The van der Waals surface area contributed by atoms with Crippen molar-refractivity contribution in [2.75, 3.05) is 0 Å². The summed E-state index contributed by atoms with van der Waals surface area (Å²) in [6.07, 6.45) is 0.998. The Hall–Kier alpha value is -1.31. The number of rotatable bonds is 1. The Morgan fingerprint density at radius 1 is 1.36 bits per heavy atom. The molecule has 0 spiro atoms. The molecule has 2 nitrogen and oxygen atoms in total. The fourth-order valence-corrected chi connectivity index (χ4v) is 1.65. The summed E-state index contributed by atoms with van der Waals surface area (Å²) in [5.74, 6) is 0.0697. The Kier molecular flexibility index (Phi) is 3.69. The van der Waals surface area contributed by atoms with E-state index < -0.39 is 0 Å². The molecule has 0 atom stereocenters. The molecule has 0 saturated heterocycles. The van der Waals surface area contributed by atoms with E-state index in [1.165, 1.54) is 11.1 Å². The van der Waals surface area contributed by atoms with E-state index in [0.29, 0.717) is 6.54 Å². The number of hydrogen-bond acceptors (Lipinski definition) is 1. The lowest BCUT2D eigenvalue weighted by Gasteiger charge is -2.01. The number of nitrogens with one attached hydrogen (secondary N) is 1. The van der Waals surface area contributed by atoms with Crippen molar-refractivity contribution in [3.05, 3.63) is 34.9 Å². The highest BCUT2D eigenvalue weighted by Gasteiger charge is 2.19. The van der Waals surface area contributed by atoms with Crippen molar-refractivity contribution in [2.45, 2.75) is 33.7 Å². The molecule has 0 radical (unpaired) electrons. The maximum atomic E-state index is 11.2. The molecule has 14 heavy (non-hydrogen) atoms. The average molecular weight is 191 g/mol. The molecule has 0 bridgehead atoms. The van der Waals surface area contributed by atoms with Crippen LogP contribution < -0.4 is 5.32 Å². The quantitative estimate of drug-likeness (QED) is 0.726. The molecule has 1 amide bonds. The first kappa shape index (κ1) is 10.8. The van der Waals surface area contributed by atoms with Gasteiger partial charge >= 0.3 is 0 Å². The van der Waals surface area contributed by atoms with Crippen molar-refractivity contribution >= 4 is 5.91 Å². The first-order valence-corrected chi connectivity index (χ1v) is 5.22. The molecule has 1 aliphatic heterocycles. The predicted octanol–water partition coefficient (Wildman–Crippen LogP) is 2.52. The number of aryl methyl sites for hydroxylation is 1. The van der Waals surface area contributed by atoms with Crippen LogP contribution in [-0.4, -0.2) is 5.91 Å². The van der Waals surface area contributed by atoms with Gasteiger partial charge in [-0.25, -0.2) is 0 Å². The van der Waals surface area contributed by atoms with E-state index >= 15 is 0 Å². The van der Waals surface area contributed by atoms with Crippen molar-refractivity contribution < 1.29 is 4.79 Å². The third kappa shape index (κ3) is 1.79. The van der Waals surface area contributed by atoms with E-state index in [1.807, 2.05) is 26.0 Å². The molecule has 0 saturated carbocycles. The third-order valence-electron chi connectivity index (χ3n) is 2.32. The summed E-state index contributed by atoms with van der Waals surface area (Å²) in [6, 6.07) is 5.92. The van der Waals surface area contributed by atoms with Crippen LogP contribution in [0, 0.1) is 0 Å². The molecule has 0 aromatic heterocycles. The molecule has 1 aliphatic rings. The van der Waals surface area contributed by atoms with E-state index in [-0.39, 0.29) is 5.91 Å². The monoisotopic (exact) mass is 191 g/mol. The van der Waals surface area contributed by atoms with E-state index in [2.05, 4.69) is 18.3 Å². The van der Waals surface area contributed by atoms with Gasteiger partial charge in [-0.1, -0.05) is 32.9 Å². The van der Waals surface area contributed by atoms with E-state index in [0.717, 1.165) is 12.0 Å². The van der Waals surface area contributed by atoms with Crippen LogP contribution in [0.2, 0.25) is 0 Å². The summed E-state index contributed by atoms with van der Waals surface area (Å²) < 4.78 is 0. The van der Waals surface area contributed by atoms with E-state index in [4.69, 9.17) is 0 Å². The van der Waals surface area contributed by atoms with Gasteiger partial charge < -0.3 is 5.32 Å². The van der Waals surface area contributed by atoms with Gasteiger partial charge in [-0.05, 0) is 23.6 Å². The molecule has 0 fully saturated rings. The number of fused-ring (bicyclic) bond motifs is 1. The molecule has 1 heterocycles. The lowest BCUT2D eigenvalue weighted by atomic mass is 10.0. The van der Waals surface area contributed by atoms with Gasteiger partial charge in [0.05, 0.1) is 0 Å². The molecular formula is C12H17NO. The Labute approximate surface area is 85.3 Å². The summed E-state index contributed by atoms with van der Waals surface area (Å²) in [7, 11) is 0. The maximum absolute atomic E-state index is 11.2. The third-order valence-corrected chi connectivity index (χ3v) is 2.32. The Bertz CT molecular complexity index is 331. The number of amides is 1. The topological polar surface area (TPSA) is 29.1 Å². The minimum atomic E-state index is 0.0697. The van der Waals surface area contributed by atoms with E-state index in [1.54, 1.807) is 0 Å². The van der Waals surface area contributed by atoms with Gasteiger partial charge in [0, 0.05) is 12.1 Å². The van der Waals surface area contributed by atoms with Crippen molar-refractivity contribution in [1.82, 2.24) is 5.32 Å². The number of benzene rings is 1. The van der Waals surface area contributed by atoms with Crippen LogP contribution in [0.15, 0.2) is 18.2 Å².